The lowest BCUT2D eigenvalue weighted by atomic mass is 10.2. The van der Waals surface area contributed by atoms with Crippen LogP contribution in [0.2, 0.25) is 0 Å². The largest absolute Gasteiger partial charge is 0.361 e. The zero-order valence-corrected chi connectivity index (χ0v) is 10.0. The highest BCUT2D eigenvalue weighted by molar-refractivity contribution is 6.27. The van der Waals surface area contributed by atoms with E-state index in [0.717, 1.165) is 11.5 Å². The second-order valence-corrected chi connectivity index (χ2v) is 4.30. The molecule has 0 saturated heterocycles. The van der Waals surface area contributed by atoms with E-state index in [2.05, 4.69) is 5.16 Å². The summed E-state index contributed by atoms with van der Waals surface area (Å²) in [4.78, 5) is 13.1. The van der Waals surface area contributed by atoms with E-state index >= 15 is 0 Å². The SMILES string of the molecule is CCN(Cc1cc(C2CC2)on1)C(=O)CCl. The van der Waals surface area contributed by atoms with Crippen LogP contribution >= 0.6 is 11.6 Å². The van der Waals surface area contributed by atoms with Crippen LogP contribution < -0.4 is 0 Å². The maximum absolute atomic E-state index is 11.4. The monoisotopic (exact) mass is 242 g/mol. The Morgan fingerprint density at radius 3 is 3.00 bits per heavy atom. The number of rotatable bonds is 5. The third kappa shape index (κ3) is 2.55. The van der Waals surface area contributed by atoms with Crippen molar-refractivity contribution in [3.05, 3.63) is 17.5 Å². The van der Waals surface area contributed by atoms with Crippen LogP contribution in [-0.2, 0) is 11.3 Å². The second-order valence-electron chi connectivity index (χ2n) is 4.04. The molecule has 4 nitrogen and oxygen atoms in total. The minimum atomic E-state index is -0.0693. The molecule has 16 heavy (non-hydrogen) atoms. The van der Waals surface area contributed by atoms with Gasteiger partial charge in [0.1, 0.15) is 17.3 Å². The Morgan fingerprint density at radius 1 is 1.69 bits per heavy atom. The molecule has 0 atom stereocenters. The van der Waals surface area contributed by atoms with Crippen LogP contribution in [0.25, 0.3) is 0 Å². The smallest absolute Gasteiger partial charge is 0.237 e. The minimum Gasteiger partial charge on any atom is -0.361 e. The zero-order chi connectivity index (χ0) is 11.5. The molecule has 1 aromatic rings. The van der Waals surface area contributed by atoms with Gasteiger partial charge in [-0.05, 0) is 19.8 Å². The fourth-order valence-electron chi connectivity index (χ4n) is 1.62. The van der Waals surface area contributed by atoms with Gasteiger partial charge in [0, 0.05) is 18.5 Å². The number of amides is 1. The maximum Gasteiger partial charge on any atom is 0.237 e. The number of aromatic nitrogens is 1. The van der Waals surface area contributed by atoms with Gasteiger partial charge in [-0.1, -0.05) is 5.16 Å². The van der Waals surface area contributed by atoms with E-state index < -0.39 is 0 Å². The van der Waals surface area contributed by atoms with Gasteiger partial charge >= 0.3 is 0 Å². The molecule has 5 heteroatoms. The van der Waals surface area contributed by atoms with Crippen molar-refractivity contribution in [3.63, 3.8) is 0 Å². The first kappa shape index (κ1) is 11.5. The predicted molar refractivity (Wildman–Crippen MR) is 60.3 cm³/mol. The van der Waals surface area contributed by atoms with Crippen molar-refractivity contribution >= 4 is 17.5 Å². The van der Waals surface area contributed by atoms with Crippen LogP contribution in [0.4, 0.5) is 0 Å². The van der Waals surface area contributed by atoms with E-state index in [-0.39, 0.29) is 11.8 Å². The van der Waals surface area contributed by atoms with Gasteiger partial charge in [0.2, 0.25) is 5.91 Å². The molecule has 1 aliphatic carbocycles. The summed E-state index contributed by atoms with van der Waals surface area (Å²) in [6.45, 7) is 3.04. The molecule has 0 spiro atoms. The summed E-state index contributed by atoms with van der Waals surface area (Å²) in [5, 5.41) is 3.97. The van der Waals surface area contributed by atoms with Gasteiger partial charge in [-0.3, -0.25) is 4.79 Å². The van der Waals surface area contributed by atoms with E-state index in [1.807, 2.05) is 13.0 Å². The normalized spacial score (nSPS) is 15.1. The van der Waals surface area contributed by atoms with Crippen LogP contribution in [0.1, 0.15) is 37.1 Å². The summed E-state index contributed by atoms with van der Waals surface area (Å²) < 4.78 is 5.23. The number of hydrogen-bond donors (Lipinski definition) is 0. The summed E-state index contributed by atoms with van der Waals surface area (Å²) in [6.07, 6.45) is 2.37. The van der Waals surface area contributed by atoms with Crippen molar-refractivity contribution in [1.82, 2.24) is 10.1 Å². The highest BCUT2D eigenvalue weighted by atomic mass is 35.5. The molecule has 1 aromatic heterocycles. The Hall–Kier alpha value is -1.03. The Morgan fingerprint density at radius 2 is 2.44 bits per heavy atom. The number of alkyl halides is 1. The summed E-state index contributed by atoms with van der Waals surface area (Å²) in [7, 11) is 0. The fourth-order valence-corrected chi connectivity index (χ4v) is 1.79. The lowest BCUT2D eigenvalue weighted by Crippen LogP contribution is -2.31. The summed E-state index contributed by atoms with van der Waals surface area (Å²) >= 11 is 5.52. The maximum atomic E-state index is 11.4. The molecule has 0 aliphatic heterocycles. The van der Waals surface area contributed by atoms with Gasteiger partial charge in [-0.2, -0.15) is 0 Å². The highest BCUT2D eigenvalue weighted by Crippen LogP contribution is 2.40. The minimum absolute atomic E-state index is 0.0151. The number of nitrogens with zero attached hydrogens (tertiary/aromatic N) is 2. The lowest BCUT2D eigenvalue weighted by Gasteiger charge is -2.17. The first-order chi connectivity index (χ1) is 7.74. The van der Waals surface area contributed by atoms with Gasteiger partial charge in [-0.15, -0.1) is 11.6 Å². The quantitative estimate of drug-likeness (QED) is 0.744. The van der Waals surface area contributed by atoms with Crippen molar-refractivity contribution in [2.24, 2.45) is 0 Å². The highest BCUT2D eigenvalue weighted by Gasteiger charge is 2.28. The van der Waals surface area contributed by atoms with Crippen LogP contribution in [0.5, 0.6) is 0 Å². The molecular weight excluding hydrogens is 228 g/mol. The molecule has 0 radical (unpaired) electrons. The van der Waals surface area contributed by atoms with Crippen molar-refractivity contribution < 1.29 is 9.32 Å². The Labute approximate surface area is 99.5 Å². The lowest BCUT2D eigenvalue weighted by molar-refractivity contribution is -0.128. The van der Waals surface area contributed by atoms with Crippen molar-refractivity contribution in [1.29, 1.82) is 0 Å². The van der Waals surface area contributed by atoms with E-state index in [0.29, 0.717) is 19.0 Å². The first-order valence-corrected chi connectivity index (χ1v) is 6.07. The average Bonchev–Trinajstić information content (AvgIpc) is 3.05. The van der Waals surface area contributed by atoms with Gasteiger partial charge in [0.15, 0.2) is 0 Å². The summed E-state index contributed by atoms with van der Waals surface area (Å²) in [5.41, 5.74) is 0.808. The van der Waals surface area contributed by atoms with E-state index in [1.54, 1.807) is 4.90 Å². The molecule has 1 saturated carbocycles. The molecule has 1 fully saturated rings. The van der Waals surface area contributed by atoms with Gasteiger partial charge in [0.05, 0.1) is 6.54 Å². The zero-order valence-electron chi connectivity index (χ0n) is 9.28. The molecule has 1 heterocycles. The van der Waals surface area contributed by atoms with Crippen molar-refractivity contribution in [2.75, 3.05) is 12.4 Å². The van der Waals surface area contributed by atoms with Gasteiger partial charge < -0.3 is 9.42 Å². The summed E-state index contributed by atoms with van der Waals surface area (Å²) in [6, 6.07) is 1.95. The van der Waals surface area contributed by atoms with E-state index in [9.17, 15) is 4.79 Å². The molecule has 0 bridgehead atoms. The van der Waals surface area contributed by atoms with Crippen LogP contribution in [0.15, 0.2) is 10.6 Å². The Bertz CT molecular complexity index is 374. The van der Waals surface area contributed by atoms with E-state index in [1.165, 1.54) is 12.8 Å². The Kier molecular flexibility index (Phi) is 3.49. The molecular formula is C11H15ClN2O2. The van der Waals surface area contributed by atoms with Gasteiger partial charge in [0.25, 0.3) is 0 Å². The van der Waals surface area contributed by atoms with Crippen LogP contribution in [-0.4, -0.2) is 28.4 Å². The number of carbonyl (C=O) groups excluding carboxylic acids is 1. The molecule has 0 aromatic carbocycles. The molecule has 1 amide bonds. The third-order valence-electron chi connectivity index (χ3n) is 2.76. The van der Waals surface area contributed by atoms with E-state index in [4.69, 9.17) is 16.1 Å². The number of halogens is 1. The average molecular weight is 243 g/mol. The molecule has 88 valence electrons. The molecule has 0 N–H and O–H groups in total. The first-order valence-electron chi connectivity index (χ1n) is 5.53. The summed E-state index contributed by atoms with van der Waals surface area (Å²) in [5.74, 6) is 1.45. The predicted octanol–water partition coefficient (Wildman–Crippen LogP) is 2.14. The van der Waals surface area contributed by atoms with Crippen LogP contribution in [0.3, 0.4) is 0 Å². The topological polar surface area (TPSA) is 46.3 Å². The fraction of sp³-hybridized carbons (Fsp3) is 0.636. The second kappa shape index (κ2) is 4.87. The van der Waals surface area contributed by atoms with Crippen LogP contribution in [0, 0.1) is 0 Å². The molecule has 2 rings (SSSR count). The molecule has 0 unspecified atom stereocenters. The standard InChI is InChI=1S/C11H15ClN2O2/c1-2-14(11(15)6-12)7-9-5-10(16-13-9)8-3-4-8/h5,8H,2-4,6-7H2,1H3. The number of hydrogen-bond acceptors (Lipinski definition) is 3. The Balaban J connectivity index is 1.97. The van der Waals surface area contributed by atoms with Crippen molar-refractivity contribution in [2.45, 2.75) is 32.2 Å². The number of carbonyl (C=O) groups is 1. The van der Waals surface area contributed by atoms with Crippen molar-refractivity contribution in [3.8, 4) is 0 Å². The third-order valence-corrected chi connectivity index (χ3v) is 2.99. The molecule has 1 aliphatic rings. The van der Waals surface area contributed by atoms with Gasteiger partial charge in [-0.25, -0.2) is 0 Å².